The van der Waals surface area contributed by atoms with Crippen molar-refractivity contribution in [2.75, 3.05) is 5.75 Å². The van der Waals surface area contributed by atoms with Crippen LogP contribution in [0.4, 0.5) is 0 Å². The number of nitrogens with zero attached hydrogens (tertiary/aromatic N) is 1. The van der Waals surface area contributed by atoms with Crippen LogP contribution in [0, 0.1) is 0 Å². The van der Waals surface area contributed by atoms with Crippen molar-refractivity contribution >= 4 is 27.6 Å². The summed E-state index contributed by atoms with van der Waals surface area (Å²) in [6.45, 7) is 0. The van der Waals surface area contributed by atoms with E-state index in [4.69, 9.17) is 5.11 Å². The van der Waals surface area contributed by atoms with Gasteiger partial charge in [-0.15, -0.1) is 0 Å². The van der Waals surface area contributed by atoms with Crippen LogP contribution in [0.2, 0.25) is 0 Å². The summed E-state index contributed by atoms with van der Waals surface area (Å²) < 4.78 is 0. The van der Waals surface area contributed by atoms with Gasteiger partial charge in [0.25, 0.3) is 0 Å². The summed E-state index contributed by atoms with van der Waals surface area (Å²) in [7, 11) is 3.64. The second-order valence-electron chi connectivity index (χ2n) is 5.05. The summed E-state index contributed by atoms with van der Waals surface area (Å²) in [5.41, 5.74) is 0. The molecule has 0 bridgehead atoms. The fourth-order valence-corrected chi connectivity index (χ4v) is 4.02. The van der Waals surface area contributed by atoms with E-state index in [0.29, 0.717) is 6.42 Å². The molecular weight excluding hydrogens is 302 g/mol. The zero-order chi connectivity index (χ0) is 15.2. The molecule has 0 aliphatic carbocycles. The summed E-state index contributed by atoms with van der Waals surface area (Å²) in [6.07, 6.45) is 11.6. The zero-order valence-electron chi connectivity index (χ0n) is 12.5. The minimum absolute atomic E-state index is 0.325. The lowest BCUT2D eigenvalue weighted by Gasteiger charge is -2.02. The van der Waals surface area contributed by atoms with Crippen LogP contribution in [0.1, 0.15) is 57.8 Å². The molecule has 1 heterocycles. The number of aliphatic carboxylic acids is 1. The maximum absolute atomic E-state index is 10.3. The van der Waals surface area contributed by atoms with Gasteiger partial charge in [-0.1, -0.05) is 55.4 Å². The number of pyridine rings is 1. The van der Waals surface area contributed by atoms with Gasteiger partial charge in [-0.3, -0.25) is 4.79 Å². The van der Waals surface area contributed by atoms with Crippen LogP contribution in [-0.4, -0.2) is 21.8 Å². The van der Waals surface area contributed by atoms with Crippen molar-refractivity contribution in [3.05, 3.63) is 24.4 Å². The van der Waals surface area contributed by atoms with Gasteiger partial charge in [0.15, 0.2) is 0 Å². The summed E-state index contributed by atoms with van der Waals surface area (Å²) in [5, 5.41) is 9.61. The highest BCUT2D eigenvalue weighted by Crippen LogP contribution is 2.29. The molecule has 0 aliphatic heterocycles. The third-order valence-corrected chi connectivity index (χ3v) is 5.50. The lowest BCUT2D eigenvalue weighted by atomic mass is 10.1. The van der Waals surface area contributed by atoms with Crippen LogP contribution in [0.15, 0.2) is 29.4 Å². The van der Waals surface area contributed by atoms with E-state index in [-0.39, 0.29) is 0 Å². The SMILES string of the molecule is O=C(O)CCCCCCCCCCSSc1ccccn1. The molecule has 1 rings (SSSR count). The standard InChI is InChI=1S/C16H25NO2S2/c18-16(19)12-7-5-3-1-2-4-6-10-14-20-21-15-11-8-9-13-17-15/h8-9,11,13H,1-7,10,12,14H2,(H,18,19). The highest BCUT2D eigenvalue weighted by molar-refractivity contribution is 8.76. The molecule has 0 saturated heterocycles. The Morgan fingerprint density at radius 3 is 2.29 bits per heavy atom. The van der Waals surface area contributed by atoms with Crippen molar-refractivity contribution in [2.24, 2.45) is 0 Å². The fourth-order valence-electron chi connectivity index (χ4n) is 2.00. The van der Waals surface area contributed by atoms with Crippen LogP contribution in [0.5, 0.6) is 0 Å². The Bertz CT molecular complexity index is 374. The third kappa shape index (κ3) is 11.6. The van der Waals surface area contributed by atoms with Crippen molar-refractivity contribution in [1.82, 2.24) is 4.98 Å². The van der Waals surface area contributed by atoms with E-state index < -0.39 is 5.97 Å². The molecule has 0 saturated carbocycles. The first-order valence-corrected chi connectivity index (χ1v) is 10.0. The van der Waals surface area contributed by atoms with E-state index in [9.17, 15) is 4.79 Å². The Kier molecular flexibility index (Phi) is 11.4. The molecule has 0 radical (unpaired) electrons. The van der Waals surface area contributed by atoms with Gasteiger partial charge in [-0.25, -0.2) is 4.98 Å². The van der Waals surface area contributed by atoms with Crippen molar-refractivity contribution < 1.29 is 9.90 Å². The lowest BCUT2D eigenvalue weighted by Crippen LogP contribution is -1.93. The van der Waals surface area contributed by atoms with Gasteiger partial charge in [0.1, 0.15) is 5.03 Å². The van der Waals surface area contributed by atoms with Crippen LogP contribution in [0.25, 0.3) is 0 Å². The number of rotatable bonds is 13. The van der Waals surface area contributed by atoms with Crippen LogP contribution in [-0.2, 0) is 4.79 Å². The molecule has 0 atom stereocenters. The number of hydrogen-bond acceptors (Lipinski definition) is 4. The van der Waals surface area contributed by atoms with Crippen molar-refractivity contribution in [2.45, 2.75) is 62.8 Å². The summed E-state index contributed by atoms with van der Waals surface area (Å²) in [6, 6.07) is 6.00. The van der Waals surface area contributed by atoms with Gasteiger partial charge < -0.3 is 5.11 Å². The first kappa shape index (κ1) is 18.4. The Hall–Kier alpha value is -0.680. The Balaban J connectivity index is 1.78. The number of carboxylic acid groups (broad SMARTS) is 1. The normalized spacial score (nSPS) is 10.7. The zero-order valence-corrected chi connectivity index (χ0v) is 14.1. The molecule has 0 spiro atoms. The maximum atomic E-state index is 10.3. The van der Waals surface area contributed by atoms with Crippen LogP contribution in [0.3, 0.4) is 0 Å². The van der Waals surface area contributed by atoms with Crippen molar-refractivity contribution in [1.29, 1.82) is 0 Å². The highest BCUT2D eigenvalue weighted by atomic mass is 33.1. The monoisotopic (exact) mass is 327 g/mol. The quantitative estimate of drug-likeness (QED) is 0.387. The predicted molar refractivity (Wildman–Crippen MR) is 91.7 cm³/mol. The number of unbranched alkanes of at least 4 members (excludes halogenated alkanes) is 7. The molecule has 0 fully saturated rings. The third-order valence-electron chi connectivity index (χ3n) is 3.15. The van der Waals surface area contributed by atoms with Crippen LogP contribution < -0.4 is 0 Å². The smallest absolute Gasteiger partial charge is 0.303 e. The second-order valence-corrected chi connectivity index (χ2v) is 7.48. The average Bonchev–Trinajstić information content (AvgIpc) is 2.49. The molecule has 3 nitrogen and oxygen atoms in total. The molecule has 0 aliphatic rings. The molecule has 1 aromatic rings. The fraction of sp³-hybridized carbons (Fsp3) is 0.625. The van der Waals surface area contributed by atoms with E-state index in [1.54, 1.807) is 10.8 Å². The molecule has 0 amide bonds. The Morgan fingerprint density at radius 2 is 1.67 bits per heavy atom. The largest absolute Gasteiger partial charge is 0.481 e. The van der Waals surface area contributed by atoms with Gasteiger partial charge >= 0.3 is 5.97 Å². The molecule has 21 heavy (non-hydrogen) atoms. The van der Waals surface area contributed by atoms with E-state index in [1.807, 2.05) is 35.2 Å². The number of carboxylic acids is 1. The minimum Gasteiger partial charge on any atom is -0.481 e. The Labute approximate surface area is 135 Å². The topological polar surface area (TPSA) is 50.2 Å². The summed E-state index contributed by atoms with van der Waals surface area (Å²) >= 11 is 0. The van der Waals surface area contributed by atoms with Gasteiger partial charge in [0, 0.05) is 18.4 Å². The first-order chi connectivity index (χ1) is 10.3. The molecule has 5 heteroatoms. The molecule has 1 N–H and O–H groups in total. The van der Waals surface area contributed by atoms with Crippen molar-refractivity contribution in [3.8, 4) is 0 Å². The maximum Gasteiger partial charge on any atom is 0.303 e. The Morgan fingerprint density at radius 1 is 1.00 bits per heavy atom. The van der Waals surface area contributed by atoms with E-state index in [1.165, 1.54) is 44.3 Å². The highest BCUT2D eigenvalue weighted by Gasteiger charge is 1.97. The molecule has 1 aromatic heterocycles. The van der Waals surface area contributed by atoms with Gasteiger partial charge in [-0.2, -0.15) is 0 Å². The van der Waals surface area contributed by atoms with Gasteiger partial charge in [0.05, 0.1) is 0 Å². The van der Waals surface area contributed by atoms with E-state index in [0.717, 1.165) is 17.9 Å². The van der Waals surface area contributed by atoms with Gasteiger partial charge in [0.2, 0.25) is 0 Å². The predicted octanol–water partition coefficient (Wildman–Crippen LogP) is 5.42. The van der Waals surface area contributed by atoms with E-state index >= 15 is 0 Å². The van der Waals surface area contributed by atoms with Crippen molar-refractivity contribution in [3.63, 3.8) is 0 Å². The average molecular weight is 328 g/mol. The molecular formula is C16H25NO2S2. The van der Waals surface area contributed by atoms with Gasteiger partial charge in [-0.05, 0) is 35.8 Å². The molecule has 118 valence electrons. The number of hydrogen-bond donors (Lipinski definition) is 1. The van der Waals surface area contributed by atoms with E-state index in [2.05, 4.69) is 4.98 Å². The first-order valence-electron chi connectivity index (χ1n) is 7.71. The minimum atomic E-state index is -0.670. The second kappa shape index (κ2) is 13.0. The summed E-state index contributed by atoms with van der Waals surface area (Å²) in [5.74, 6) is 0.510. The number of aromatic nitrogens is 1. The lowest BCUT2D eigenvalue weighted by molar-refractivity contribution is -0.137. The molecule has 0 aromatic carbocycles. The van der Waals surface area contributed by atoms with Crippen LogP contribution >= 0.6 is 21.6 Å². The summed E-state index contributed by atoms with van der Waals surface area (Å²) in [4.78, 5) is 14.6. The number of carbonyl (C=O) groups is 1. The molecule has 0 unspecified atom stereocenters.